The fourth-order valence-electron chi connectivity index (χ4n) is 4.83. The third-order valence-electron chi connectivity index (χ3n) is 6.93. The van der Waals surface area contributed by atoms with Crippen molar-refractivity contribution in [2.45, 2.75) is 85.0 Å². The van der Waals surface area contributed by atoms with Gasteiger partial charge in [0.25, 0.3) is 0 Å². The number of carbonyl (C=O) groups excluding carboxylic acids is 3. The Kier molecular flexibility index (Phi) is 14.7. The summed E-state index contributed by atoms with van der Waals surface area (Å²) in [5.74, 6) is 2.50. The second-order valence-corrected chi connectivity index (χ2v) is 10.3. The Bertz CT molecular complexity index is 1190. The Labute approximate surface area is 255 Å². The van der Waals surface area contributed by atoms with Gasteiger partial charge in [0.15, 0.2) is 5.78 Å². The fourth-order valence-corrected chi connectivity index (χ4v) is 4.83. The number of hydrogen-bond donors (Lipinski definition) is 0. The van der Waals surface area contributed by atoms with Crippen molar-refractivity contribution in [1.29, 1.82) is 0 Å². The maximum atomic E-state index is 12.3. The van der Waals surface area contributed by atoms with E-state index in [0.717, 1.165) is 49.0 Å². The first-order valence-electron chi connectivity index (χ1n) is 15.6. The lowest BCUT2D eigenvalue weighted by Gasteiger charge is -2.22. The molecule has 0 unspecified atom stereocenters. The summed E-state index contributed by atoms with van der Waals surface area (Å²) in [6.07, 6.45) is 6.36. The van der Waals surface area contributed by atoms with Crippen LogP contribution >= 0.6 is 0 Å². The summed E-state index contributed by atoms with van der Waals surface area (Å²) < 4.78 is 33.9. The van der Waals surface area contributed by atoms with E-state index in [-0.39, 0.29) is 24.1 Å². The number of ketones is 1. The van der Waals surface area contributed by atoms with E-state index < -0.39 is 0 Å². The van der Waals surface area contributed by atoms with Crippen LogP contribution < -0.4 is 18.9 Å². The number of esters is 2. The van der Waals surface area contributed by atoms with Crippen molar-refractivity contribution in [3.8, 4) is 23.0 Å². The molecule has 0 fully saturated rings. The minimum atomic E-state index is -0.256. The van der Waals surface area contributed by atoms with Gasteiger partial charge in [-0.05, 0) is 88.3 Å². The van der Waals surface area contributed by atoms with Gasteiger partial charge in [-0.1, -0.05) is 13.3 Å². The molecule has 9 nitrogen and oxygen atoms in total. The van der Waals surface area contributed by atoms with Crippen LogP contribution in [0.25, 0.3) is 0 Å². The molecule has 0 aromatic heterocycles. The van der Waals surface area contributed by atoms with E-state index in [1.54, 1.807) is 13.8 Å². The van der Waals surface area contributed by atoms with Crippen LogP contribution in [0.4, 0.5) is 0 Å². The molecule has 0 radical (unpaired) electrons. The highest BCUT2D eigenvalue weighted by atomic mass is 16.5. The molecule has 0 atom stereocenters. The Morgan fingerprint density at radius 2 is 1.44 bits per heavy atom. The molecule has 43 heavy (non-hydrogen) atoms. The molecular formula is C34H46O9. The van der Waals surface area contributed by atoms with Crippen molar-refractivity contribution in [2.24, 2.45) is 0 Å². The molecule has 0 saturated carbocycles. The highest BCUT2D eigenvalue weighted by molar-refractivity contribution is 6.00. The van der Waals surface area contributed by atoms with Gasteiger partial charge in [-0.3, -0.25) is 14.4 Å². The van der Waals surface area contributed by atoms with Crippen LogP contribution in [0.2, 0.25) is 0 Å². The quantitative estimate of drug-likeness (QED) is 0.126. The second-order valence-electron chi connectivity index (χ2n) is 10.3. The first kappa shape index (κ1) is 33.7. The highest BCUT2D eigenvalue weighted by Crippen LogP contribution is 2.36. The predicted molar refractivity (Wildman–Crippen MR) is 162 cm³/mol. The molecule has 0 N–H and O–H groups in total. The normalized spacial score (nSPS) is 12.2. The van der Waals surface area contributed by atoms with Gasteiger partial charge in [-0.25, -0.2) is 0 Å². The monoisotopic (exact) mass is 598 g/mol. The molecule has 9 heteroatoms. The average molecular weight is 599 g/mol. The Morgan fingerprint density at radius 3 is 2.16 bits per heavy atom. The standard InChI is InChI=1S/C34H46O9/c1-4-11-28-31(17-15-27-29(35)19-23-43-34(27)28)42-21-9-7-8-20-41-30-16-14-26(40-22-10-12-32(36)38-5-2)24-25(30)13-18-33(37)39-6-3/h14-17,24H,4-13,18-23H2,1-3H3. The molecular weight excluding hydrogens is 552 g/mol. The van der Waals surface area contributed by atoms with Crippen molar-refractivity contribution in [3.63, 3.8) is 0 Å². The van der Waals surface area contributed by atoms with E-state index in [1.807, 2.05) is 30.3 Å². The number of unbranched alkanes of at least 4 members (excludes halogenated alkanes) is 2. The minimum Gasteiger partial charge on any atom is -0.494 e. The van der Waals surface area contributed by atoms with Crippen molar-refractivity contribution < 1.29 is 42.8 Å². The molecule has 1 aliphatic rings. The van der Waals surface area contributed by atoms with Gasteiger partial charge in [0.05, 0.1) is 45.2 Å². The molecule has 0 aliphatic carbocycles. The molecule has 236 valence electrons. The van der Waals surface area contributed by atoms with E-state index in [2.05, 4.69) is 6.92 Å². The van der Waals surface area contributed by atoms with Gasteiger partial charge in [-0.15, -0.1) is 0 Å². The zero-order valence-electron chi connectivity index (χ0n) is 25.9. The van der Waals surface area contributed by atoms with Gasteiger partial charge in [0, 0.05) is 24.8 Å². The van der Waals surface area contributed by atoms with Crippen LogP contribution in [-0.2, 0) is 31.9 Å². The summed E-state index contributed by atoms with van der Waals surface area (Å²) in [4.78, 5) is 35.8. The smallest absolute Gasteiger partial charge is 0.306 e. The topological polar surface area (TPSA) is 107 Å². The maximum Gasteiger partial charge on any atom is 0.306 e. The van der Waals surface area contributed by atoms with Crippen LogP contribution in [0, 0.1) is 0 Å². The van der Waals surface area contributed by atoms with Gasteiger partial charge in [0.2, 0.25) is 0 Å². The van der Waals surface area contributed by atoms with Gasteiger partial charge >= 0.3 is 11.9 Å². The van der Waals surface area contributed by atoms with E-state index in [1.165, 1.54) is 0 Å². The zero-order chi connectivity index (χ0) is 30.9. The summed E-state index contributed by atoms with van der Waals surface area (Å²) in [7, 11) is 0. The molecule has 0 spiro atoms. The van der Waals surface area contributed by atoms with Crippen molar-refractivity contribution in [1.82, 2.24) is 0 Å². The number of ether oxygens (including phenoxy) is 6. The highest BCUT2D eigenvalue weighted by Gasteiger charge is 2.23. The lowest BCUT2D eigenvalue weighted by molar-refractivity contribution is -0.144. The van der Waals surface area contributed by atoms with Crippen LogP contribution in [0.3, 0.4) is 0 Å². The number of Topliss-reactive ketones (excluding diaryl/α,β-unsaturated/α-hetero) is 1. The number of benzene rings is 2. The largest absolute Gasteiger partial charge is 0.494 e. The maximum absolute atomic E-state index is 12.3. The van der Waals surface area contributed by atoms with Crippen molar-refractivity contribution in [3.05, 3.63) is 47.0 Å². The summed E-state index contributed by atoms with van der Waals surface area (Å²) in [6.45, 7) is 8.28. The van der Waals surface area contributed by atoms with Crippen molar-refractivity contribution >= 4 is 17.7 Å². The van der Waals surface area contributed by atoms with E-state index >= 15 is 0 Å². The Hall–Kier alpha value is -3.75. The zero-order valence-corrected chi connectivity index (χ0v) is 25.9. The fraction of sp³-hybridized carbons (Fsp3) is 0.559. The molecule has 0 saturated heterocycles. The molecule has 3 rings (SSSR count). The molecule has 2 aromatic rings. The molecule has 2 aromatic carbocycles. The third-order valence-corrected chi connectivity index (χ3v) is 6.93. The van der Waals surface area contributed by atoms with E-state index in [9.17, 15) is 14.4 Å². The molecule has 1 aliphatic heterocycles. The van der Waals surface area contributed by atoms with Crippen LogP contribution in [-0.4, -0.2) is 57.4 Å². The number of hydrogen-bond acceptors (Lipinski definition) is 9. The van der Waals surface area contributed by atoms with Gasteiger partial charge < -0.3 is 28.4 Å². The lowest BCUT2D eigenvalue weighted by atomic mass is 9.98. The van der Waals surface area contributed by atoms with Gasteiger partial charge in [-0.2, -0.15) is 0 Å². The summed E-state index contributed by atoms with van der Waals surface area (Å²) in [6, 6.07) is 9.30. The number of carbonyl (C=O) groups is 3. The Morgan fingerprint density at radius 1 is 0.767 bits per heavy atom. The summed E-state index contributed by atoms with van der Waals surface area (Å²) in [5.41, 5.74) is 2.52. The second kappa shape index (κ2) is 18.7. The number of fused-ring (bicyclic) bond motifs is 1. The van der Waals surface area contributed by atoms with Crippen LogP contribution in [0.1, 0.15) is 93.6 Å². The predicted octanol–water partition coefficient (Wildman–Crippen LogP) is 6.45. The van der Waals surface area contributed by atoms with E-state index in [4.69, 9.17) is 28.4 Å². The van der Waals surface area contributed by atoms with Crippen LogP contribution in [0.5, 0.6) is 23.0 Å². The first-order valence-corrected chi connectivity index (χ1v) is 15.6. The SMILES string of the molecule is CCCc1c(OCCCCCOc2ccc(OCCCC(=O)OCC)cc2CCC(=O)OCC)ccc2c1OCCC2=O. The number of rotatable bonds is 20. The Balaban J connectivity index is 1.47. The average Bonchev–Trinajstić information content (AvgIpc) is 3.00. The first-order chi connectivity index (χ1) is 21.0. The summed E-state index contributed by atoms with van der Waals surface area (Å²) in [5, 5.41) is 0. The number of aryl methyl sites for hydroxylation is 1. The molecule has 0 amide bonds. The van der Waals surface area contributed by atoms with Crippen LogP contribution in [0.15, 0.2) is 30.3 Å². The molecule has 0 bridgehead atoms. The lowest BCUT2D eigenvalue weighted by Crippen LogP contribution is -2.17. The van der Waals surface area contributed by atoms with Gasteiger partial charge in [0.1, 0.15) is 23.0 Å². The minimum absolute atomic E-state index is 0.127. The summed E-state index contributed by atoms with van der Waals surface area (Å²) >= 11 is 0. The third kappa shape index (κ3) is 11.1. The van der Waals surface area contributed by atoms with Crippen molar-refractivity contribution in [2.75, 3.05) is 39.6 Å². The van der Waals surface area contributed by atoms with E-state index in [0.29, 0.717) is 88.1 Å². The molecule has 1 heterocycles.